The second kappa shape index (κ2) is 15.0. The fourth-order valence-electron chi connectivity index (χ4n) is 5.98. The van der Waals surface area contributed by atoms with E-state index in [0.29, 0.717) is 33.9 Å². The van der Waals surface area contributed by atoms with Crippen LogP contribution < -0.4 is 9.97 Å². The molecule has 2 aromatic rings. The molecule has 0 bridgehead atoms. The summed E-state index contributed by atoms with van der Waals surface area (Å²) in [5, 5.41) is 19.1. The van der Waals surface area contributed by atoms with Crippen molar-refractivity contribution in [1.82, 2.24) is 9.97 Å². The molecule has 0 radical (unpaired) electrons. The van der Waals surface area contributed by atoms with Gasteiger partial charge in [-0.3, -0.25) is 9.98 Å². The third kappa shape index (κ3) is 8.35. The van der Waals surface area contributed by atoms with E-state index in [4.69, 9.17) is 0 Å². The number of nitrogens with zero attached hydrogens (tertiary/aromatic N) is 4. The normalized spacial score (nSPS) is 18.4. The van der Waals surface area contributed by atoms with Crippen molar-refractivity contribution in [2.75, 3.05) is 0 Å². The number of aromatic nitrogens is 2. The molecule has 0 saturated carbocycles. The number of aliphatic imine (C=N–C) groups is 2. The zero-order valence-corrected chi connectivity index (χ0v) is 31.3. The van der Waals surface area contributed by atoms with Gasteiger partial charge in [0.25, 0.3) is 0 Å². The van der Waals surface area contributed by atoms with Crippen LogP contribution in [-0.2, 0) is 25.9 Å². The number of alkyl halides is 6. The van der Waals surface area contributed by atoms with Crippen molar-refractivity contribution in [3.63, 3.8) is 0 Å². The first kappa shape index (κ1) is 40.2. The third-order valence-electron chi connectivity index (χ3n) is 8.48. The van der Waals surface area contributed by atoms with Crippen LogP contribution >= 0.6 is 0 Å². The van der Waals surface area contributed by atoms with Gasteiger partial charge < -0.3 is 20.2 Å². The van der Waals surface area contributed by atoms with Crippen molar-refractivity contribution in [2.24, 2.45) is 9.98 Å². The number of aliphatic hydroxyl groups is 2. The molecule has 2 unspecified atom stereocenters. The molecule has 2 N–H and O–H groups in total. The van der Waals surface area contributed by atoms with Gasteiger partial charge >= 0.3 is 31.8 Å². The van der Waals surface area contributed by atoms with Gasteiger partial charge in [-0.15, -0.1) is 11.4 Å². The zero-order valence-electron chi connectivity index (χ0n) is 28.4. The van der Waals surface area contributed by atoms with Gasteiger partial charge in [0.15, 0.2) is 12.2 Å². The van der Waals surface area contributed by atoms with E-state index in [2.05, 4.69) is 20.0 Å². The Bertz CT molecular complexity index is 1700. The fourth-order valence-corrected chi connectivity index (χ4v) is 5.98. The summed E-state index contributed by atoms with van der Waals surface area (Å²) in [6.07, 6.45) is -9.36. The molecule has 4 rings (SSSR count). The molecular weight excluding hydrogens is 676 g/mol. The molecule has 2 aromatic heterocycles. The number of aliphatic hydroxyl groups excluding tert-OH is 2. The standard InChI is InChI=1S/2C17H20F3N2O.Zn/c2*1-6-12-8(2)13(21-10(12)4)7-14-9(3)15(11(5)22-14)16(23)17(18,19)20;/h2*7,16,23H,6H2,1-5H3;/q2*-1;+2/b14-7-;13-7-;. The number of hydrogen-bond donors (Lipinski definition) is 2. The Balaban J connectivity index is 0.000000320. The fraction of sp³-hybridized carbons (Fsp3) is 0.471. The number of allylic oxidation sites excluding steroid dienone is 3. The Kier molecular flexibility index (Phi) is 12.8. The Hall–Kier alpha value is -3.02. The molecule has 0 saturated heterocycles. The van der Waals surface area contributed by atoms with E-state index in [0.717, 1.165) is 46.5 Å². The summed E-state index contributed by atoms with van der Waals surface area (Å²) in [7, 11) is 0. The molecule has 6 nitrogen and oxygen atoms in total. The van der Waals surface area contributed by atoms with Crippen molar-refractivity contribution >= 4 is 23.6 Å². The van der Waals surface area contributed by atoms with Crippen molar-refractivity contribution in [2.45, 2.75) is 107 Å². The Morgan fingerprint density at radius 3 is 1.57 bits per heavy atom. The van der Waals surface area contributed by atoms with Gasteiger partial charge in [0.05, 0.1) is 11.4 Å². The smallest absolute Gasteiger partial charge is 0.661 e. The van der Waals surface area contributed by atoms with Crippen LogP contribution in [0.15, 0.2) is 43.7 Å². The van der Waals surface area contributed by atoms with E-state index < -0.39 is 24.6 Å². The van der Waals surface area contributed by atoms with Crippen LogP contribution in [0.3, 0.4) is 0 Å². The van der Waals surface area contributed by atoms with Crippen molar-refractivity contribution in [1.29, 1.82) is 0 Å². The first-order valence-corrected chi connectivity index (χ1v) is 14.9. The molecule has 2 aliphatic heterocycles. The Morgan fingerprint density at radius 1 is 0.660 bits per heavy atom. The quantitative estimate of drug-likeness (QED) is 0.233. The minimum Gasteiger partial charge on any atom is -0.661 e. The van der Waals surface area contributed by atoms with Gasteiger partial charge in [0.2, 0.25) is 0 Å². The van der Waals surface area contributed by atoms with Crippen LogP contribution in [0.1, 0.15) is 99.1 Å². The maximum absolute atomic E-state index is 12.8. The number of hydrogen-bond acceptors (Lipinski definition) is 4. The minimum absolute atomic E-state index is 0. The van der Waals surface area contributed by atoms with E-state index in [1.54, 1.807) is 26.0 Å². The van der Waals surface area contributed by atoms with Gasteiger partial charge in [0.1, 0.15) is 0 Å². The molecule has 0 aliphatic carbocycles. The SMILES string of the molecule is CCC1=C(C)/C(=C/c2[n-]c(C)c(C(O)C(F)(F)F)c2C)N=C1C.CCc1c(C)[n-]c(/C=C2\N=C(C)C(C(O)C(F)(F)F)=C2C)c1C.[Zn+2]. The second-order valence-corrected chi connectivity index (χ2v) is 11.5. The maximum Gasteiger partial charge on any atom is 2.00 e. The zero-order chi connectivity index (χ0) is 35.0. The summed E-state index contributed by atoms with van der Waals surface area (Å²) in [5.41, 5.74) is 9.17. The molecule has 2 atom stereocenters. The van der Waals surface area contributed by atoms with Crippen molar-refractivity contribution in [3.05, 3.63) is 78.7 Å². The van der Waals surface area contributed by atoms with E-state index >= 15 is 0 Å². The number of aryl methyl sites for hydroxylation is 2. The predicted molar refractivity (Wildman–Crippen MR) is 169 cm³/mol. The van der Waals surface area contributed by atoms with E-state index in [9.17, 15) is 36.6 Å². The molecule has 252 valence electrons. The van der Waals surface area contributed by atoms with Crippen LogP contribution in [0.2, 0.25) is 0 Å². The Labute approximate surface area is 284 Å². The summed E-state index contributed by atoms with van der Waals surface area (Å²) < 4.78 is 76.8. The summed E-state index contributed by atoms with van der Waals surface area (Å²) in [4.78, 5) is 17.3. The van der Waals surface area contributed by atoms with E-state index in [1.807, 2.05) is 41.5 Å². The third-order valence-corrected chi connectivity index (χ3v) is 8.48. The molecule has 0 spiro atoms. The molecule has 13 heteroatoms. The van der Waals surface area contributed by atoms with Crippen LogP contribution in [0.25, 0.3) is 12.2 Å². The molecule has 47 heavy (non-hydrogen) atoms. The number of rotatable bonds is 6. The Morgan fingerprint density at radius 2 is 1.13 bits per heavy atom. The first-order valence-electron chi connectivity index (χ1n) is 14.9. The second-order valence-electron chi connectivity index (χ2n) is 11.5. The van der Waals surface area contributed by atoms with Crippen molar-refractivity contribution < 1.29 is 56.0 Å². The average Bonchev–Trinajstić information content (AvgIpc) is 3.58. The van der Waals surface area contributed by atoms with Gasteiger partial charge in [-0.1, -0.05) is 56.5 Å². The largest absolute Gasteiger partial charge is 2.00 e. The van der Waals surface area contributed by atoms with Gasteiger partial charge in [0, 0.05) is 17.0 Å². The van der Waals surface area contributed by atoms with Gasteiger partial charge in [-0.05, 0) is 76.7 Å². The molecule has 0 fully saturated rings. The van der Waals surface area contributed by atoms with Crippen LogP contribution in [-0.4, -0.2) is 40.1 Å². The van der Waals surface area contributed by atoms with Crippen LogP contribution in [0, 0.1) is 27.7 Å². The maximum atomic E-state index is 12.8. The molecule has 0 aromatic carbocycles. The molecule has 4 heterocycles. The summed E-state index contributed by atoms with van der Waals surface area (Å²) in [6, 6.07) is 0. The monoisotopic (exact) mass is 714 g/mol. The molecule has 0 amide bonds. The minimum atomic E-state index is -4.71. The average molecular weight is 716 g/mol. The first-order chi connectivity index (χ1) is 21.1. The van der Waals surface area contributed by atoms with Gasteiger partial charge in [-0.25, -0.2) is 0 Å². The van der Waals surface area contributed by atoms with E-state index in [1.165, 1.54) is 13.8 Å². The summed E-state index contributed by atoms with van der Waals surface area (Å²) in [5.74, 6) is 0. The van der Waals surface area contributed by atoms with E-state index in [-0.39, 0.29) is 42.0 Å². The van der Waals surface area contributed by atoms with Crippen molar-refractivity contribution in [3.8, 4) is 0 Å². The van der Waals surface area contributed by atoms with Crippen LogP contribution in [0.4, 0.5) is 26.3 Å². The topological polar surface area (TPSA) is 93.4 Å². The summed E-state index contributed by atoms with van der Waals surface area (Å²) >= 11 is 0. The molecular formula is C34H40F6N4O2Zn. The predicted octanol–water partition coefficient (Wildman–Crippen LogP) is 8.27. The van der Waals surface area contributed by atoms with Gasteiger partial charge in [-0.2, -0.15) is 37.7 Å². The summed E-state index contributed by atoms with van der Waals surface area (Å²) in [6.45, 7) is 17.8. The number of halogens is 6. The van der Waals surface area contributed by atoms with Crippen LogP contribution in [0.5, 0.6) is 0 Å². The molecule has 2 aliphatic rings.